The first-order chi connectivity index (χ1) is 9.07. The van der Waals surface area contributed by atoms with E-state index in [1.165, 1.54) is 12.2 Å². The third-order valence-electron chi connectivity index (χ3n) is 2.94. The van der Waals surface area contributed by atoms with Gasteiger partial charge in [-0.1, -0.05) is 20.3 Å². The number of hydrogen-bond donors (Lipinski definition) is 3. The molecule has 0 aliphatic carbocycles. The van der Waals surface area contributed by atoms with Gasteiger partial charge in [-0.25, -0.2) is 0 Å². The van der Waals surface area contributed by atoms with Crippen LogP contribution in [0.5, 0.6) is 0 Å². The number of nitrogen functional groups attached to an aromatic ring is 1. The molecule has 0 aromatic carbocycles. The zero-order valence-corrected chi connectivity index (χ0v) is 12.8. The van der Waals surface area contributed by atoms with Crippen molar-refractivity contribution >= 4 is 23.4 Å². The lowest BCUT2D eigenvalue weighted by atomic mass is 10.1. The van der Waals surface area contributed by atoms with E-state index >= 15 is 0 Å². The monoisotopic (exact) mass is 284 g/mol. The number of aromatic amines is 1. The van der Waals surface area contributed by atoms with Crippen molar-refractivity contribution in [2.24, 2.45) is 0 Å². The number of thioether (sulfide) groups is 1. The van der Waals surface area contributed by atoms with Gasteiger partial charge in [0.25, 0.3) is 5.91 Å². The SMILES string of the molecule is CSCCCCCNC(=O)c1n[nH]c(C(C)C)c1N. The van der Waals surface area contributed by atoms with E-state index in [9.17, 15) is 4.79 Å². The van der Waals surface area contributed by atoms with E-state index in [0.717, 1.165) is 18.5 Å². The molecule has 0 radical (unpaired) electrons. The van der Waals surface area contributed by atoms with Gasteiger partial charge in [-0.15, -0.1) is 0 Å². The molecule has 4 N–H and O–H groups in total. The van der Waals surface area contributed by atoms with Crippen LogP contribution in [-0.4, -0.2) is 34.7 Å². The fourth-order valence-electron chi connectivity index (χ4n) is 1.81. The van der Waals surface area contributed by atoms with Crippen molar-refractivity contribution in [3.63, 3.8) is 0 Å². The summed E-state index contributed by atoms with van der Waals surface area (Å²) in [7, 11) is 0. The summed E-state index contributed by atoms with van der Waals surface area (Å²) >= 11 is 1.85. The minimum absolute atomic E-state index is 0.189. The molecule has 0 spiro atoms. The van der Waals surface area contributed by atoms with Crippen molar-refractivity contribution in [1.82, 2.24) is 15.5 Å². The van der Waals surface area contributed by atoms with Crippen LogP contribution in [0.25, 0.3) is 0 Å². The number of unbranched alkanes of at least 4 members (excludes halogenated alkanes) is 2. The molecular weight excluding hydrogens is 260 g/mol. The van der Waals surface area contributed by atoms with Crippen molar-refractivity contribution in [3.05, 3.63) is 11.4 Å². The molecule has 0 aliphatic rings. The zero-order chi connectivity index (χ0) is 14.3. The van der Waals surface area contributed by atoms with Crippen LogP contribution in [0.15, 0.2) is 0 Å². The van der Waals surface area contributed by atoms with Crippen molar-refractivity contribution in [2.45, 2.75) is 39.0 Å². The maximum absolute atomic E-state index is 11.9. The lowest BCUT2D eigenvalue weighted by molar-refractivity contribution is 0.0949. The average Bonchev–Trinajstić information content (AvgIpc) is 2.75. The number of hydrogen-bond acceptors (Lipinski definition) is 4. The molecule has 0 atom stereocenters. The highest BCUT2D eigenvalue weighted by Gasteiger charge is 2.18. The second-order valence-corrected chi connectivity index (χ2v) is 5.85. The Kier molecular flexibility index (Phi) is 6.77. The van der Waals surface area contributed by atoms with E-state index in [2.05, 4.69) is 21.8 Å². The molecule has 0 aliphatic heterocycles. The molecule has 0 saturated carbocycles. The largest absolute Gasteiger partial charge is 0.395 e. The van der Waals surface area contributed by atoms with Gasteiger partial charge >= 0.3 is 0 Å². The Labute approximate surface area is 119 Å². The third-order valence-corrected chi connectivity index (χ3v) is 3.63. The molecule has 0 unspecified atom stereocenters. The summed E-state index contributed by atoms with van der Waals surface area (Å²) in [5.74, 6) is 1.23. The Hall–Kier alpha value is -1.17. The maximum Gasteiger partial charge on any atom is 0.273 e. The molecule has 5 nitrogen and oxygen atoms in total. The van der Waals surface area contributed by atoms with E-state index < -0.39 is 0 Å². The first-order valence-electron chi connectivity index (χ1n) is 6.68. The highest BCUT2D eigenvalue weighted by atomic mass is 32.2. The Morgan fingerprint density at radius 1 is 1.42 bits per heavy atom. The second-order valence-electron chi connectivity index (χ2n) is 4.86. The van der Waals surface area contributed by atoms with Crippen LogP contribution < -0.4 is 11.1 Å². The number of H-pyrrole nitrogens is 1. The molecule has 108 valence electrons. The topological polar surface area (TPSA) is 83.8 Å². The predicted octanol–water partition coefficient (Wildman–Crippen LogP) is 2.38. The van der Waals surface area contributed by atoms with Crippen LogP contribution in [0, 0.1) is 0 Å². The molecule has 6 heteroatoms. The number of carbonyl (C=O) groups is 1. The number of nitrogens with two attached hydrogens (primary N) is 1. The Morgan fingerprint density at radius 3 is 2.74 bits per heavy atom. The number of aromatic nitrogens is 2. The van der Waals surface area contributed by atoms with Crippen molar-refractivity contribution in [3.8, 4) is 0 Å². The van der Waals surface area contributed by atoms with Crippen LogP contribution >= 0.6 is 11.8 Å². The molecular formula is C13H24N4OS. The smallest absolute Gasteiger partial charge is 0.273 e. The number of carbonyl (C=O) groups excluding carboxylic acids is 1. The van der Waals surface area contributed by atoms with Gasteiger partial charge in [0.2, 0.25) is 0 Å². The van der Waals surface area contributed by atoms with Gasteiger partial charge in [0.05, 0.1) is 11.4 Å². The number of nitrogens with one attached hydrogen (secondary N) is 2. The average molecular weight is 284 g/mol. The van der Waals surface area contributed by atoms with Gasteiger partial charge in [0, 0.05) is 6.54 Å². The standard InChI is InChI=1S/C13H24N4OS/c1-9(2)11-10(14)12(17-16-11)13(18)15-7-5-4-6-8-19-3/h9H,4-8,14H2,1-3H3,(H,15,18)(H,16,17). The van der Waals surface area contributed by atoms with E-state index in [0.29, 0.717) is 17.9 Å². The molecule has 1 rings (SSSR count). The van der Waals surface area contributed by atoms with Gasteiger partial charge in [-0.3, -0.25) is 9.89 Å². The van der Waals surface area contributed by atoms with Gasteiger partial charge in [0.15, 0.2) is 5.69 Å². The number of nitrogens with zero attached hydrogens (tertiary/aromatic N) is 1. The molecule has 0 bridgehead atoms. The lowest BCUT2D eigenvalue weighted by Gasteiger charge is -2.05. The summed E-state index contributed by atoms with van der Waals surface area (Å²) in [6.45, 7) is 4.70. The minimum atomic E-state index is -0.189. The third kappa shape index (κ3) is 4.78. The summed E-state index contributed by atoms with van der Waals surface area (Å²) in [5.41, 5.74) is 7.52. The Balaban J connectivity index is 2.37. The van der Waals surface area contributed by atoms with Gasteiger partial charge in [0.1, 0.15) is 0 Å². The molecule has 0 saturated heterocycles. The van der Waals surface area contributed by atoms with Crippen LogP contribution in [0.1, 0.15) is 55.2 Å². The Morgan fingerprint density at radius 2 is 2.16 bits per heavy atom. The van der Waals surface area contributed by atoms with Crippen LogP contribution in [-0.2, 0) is 0 Å². The normalized spacial score (nSPS) is 10.9. The van der Waals surface area contributed by atoms with E-state index in [1.807, 2.05) is 25.6 Å². The number of amides is 1. The summed E-state index contributed by atoms with van der Waals surface area (Å²) in [5, 5.41) is 9.69. The first kappa shape index (κ1) is 15.9. The summed E-state index contributed by atoms with van der Waals surface area (Å²) < 4.78 is 0. The second kappa shape index (κ2) is 8.09. The summed E-state index contributed by atoms with van der Waals surface area (Å²) in [6.07, 6.45) is 5.43. The van der Waals surface area contributed by atoms with Gasteiger partial charge in [-0.2, -0.15) is 16.9 Å². The predicted molar refractivity (Wildman–Crippen MR) is 81.7 cm³/mol. The van der Waals surface area contributed by atoms with Gasteiger partial charge < -0.3 is 11.1 Å². The summed E-state index contributed by atoms with van der Waals surface area (Å²) in [6, 6.07) is 0. The Bertz CT molecular complexity index is 403. The van der Waals surface area contributed by atoms with Crippen molar-refractivity contribution < 1.29 is 4.79 Å². The number of anilines is 1. The highest BCUT2D eigenvalue weighted by molar-refractivity contribution is 7.98. The highest BCUT2D eigenvalue weighted by Crippen LogP contribution is 2.21. The van der Waals surface area contributed by atoms with E-state index in [1.54, 1.807) is 0 Å². The lowest BCUT2D eigenvalue weighted by Crippen LogP contribution is -2.25. The zero-order valence-electron chi connectivity index (χ0n) is 12.0. The molecule has 0 fully saturated rings. The summed E-state index contributed by atoms with van der Waals surface area (Å²) in [4.78, 5) is 11.9. The van der Waals surface area contributed by atoms with Crippen molar-refractivity contribution in [2.75, 3.05) is 24.3 Å². The molecule has 1 heterocycles. The fourth-order valence-corrected chi connectivity index (χ4v) is 2.30. The maximum atomic E-state index is 11.9. The van der Waals surface area contributed by atoms with Crippen LogP contribution in [0.4, 0.5) is 5.69 Å². The van der Waals surface area contributed by atoms with E-state index in [-0.39, 0.29) is 11.8 Å². The number of rotatable bonds is 8. The van der Waals surface area contributed by atoms with Crippen LogP contribution in [0.2, 0.25) is 0 Å². The minimum Gasteiger partial charge on any atom is -0.395 e. The molecule has 1 amide bonds. The van der Waals surface area contributed by atoms with Crippen LogP contribution in [0.3, 0.4) is 0 Å². The van der Waals surface area contributed by atoms with Gasteiger partial charge in [-0.05, 0) is 30.8 Å². The molecule has 1 aromatic rings. The first-order valence-corrected chi connectivity index (χ1v) is 8.08. The fraction of sp³-hybridized carbons (Fsp3) is 0.692. The van der Waals surface area contributed by atoms with Crippen molar-refractivity contribution in [1.29, 1.82) is 0 Å². The van der Waals surface area contributed by atoms with E-state index in [4.69, 9.17) is 5.73 Å². The molecule has 1 aromatic heterocycles. The quantitative estimate of drug-likeness (QED) is 0.640. The molecule has 19 heavy (non-hydrogen) atoms.